The lowest BCUT2D eigenvalue weighted by Gasteiger charge is -2.08. The summed E-state index contributed by atoms with van der Waals surface area (Å²) in [5, 5.41) is 10.6. The zero-order valence-corrected chi connectivity index (χ0v) is 13.2. The second-order valence-electron chi connectivity index (χ2n) is 3.34. The summed E-state index contributed by atoms with van der Waals surface area (Å²) in [6, 6.07) is 1.54. The number of nitro benzene ring substituents is 1. The summed E-state index contributed by atoms with van der Waals surface area (Å²) < 4.78 is 39.5. The highest BCUT2D eigenvalue weighted by molar-refractivity contribution is 9.11. The molecule has 10 heteroatoms. The second kappa shape index (κ2) is 6.07. The number of nitro groups is 1. The molecule has 0 fully saturated rings. The Labute approximate surface area is 125 Å². The first-order valence-electron chi connectivity index (χ1n) is 4.61. The van der Waals surface area contributed by atoms with Gasteiger partial charge >= 0.3 is 0 Å². The number of nitrogens with one attached hydrogen (secondary N) is 1. The zero-order valence-electron chi connectivity index (χ0n) is 9.19. The Bertz CT molecular complexity index is 648. The molecule has 0 unspecified atom stereocenters. The van der Waals surface area contributed by atoms with E-state index in [4.69, 9.17) is 0 Å². The maximum atomic E-state index is 13.7. The minimum Gasteiger partial charge on any atom is -0.258 e. The summed E-state index contributed by atoms with van der Waals surface area (Å²) in [6.45, 7) is 3.25. The van der Waals surface area contributed by atoms with Crippen molar-refractivity contribution in [1.82, 2.24) is 4.72 Å². The van der Waals surface area contributed by atoms with Crippen molar-refractivity contribution in [3.63, 3.8) is 0 Å². The van der Waals surface area contributed by atoms with Crippen molar-refractivity contribution in [1.29, 1.82) is 0 Å². The molecule has 0 spiro atoms. The van der Waals surface area contributed by atoms with Crippen LogP contribution in [0.2, 0.25) is 0 Å². The van der Waals surface area contributed by atoms with E-state index < -0.39 is 31.3 Å². The van der Waals surface area contributed by atoms with Crippen LogP contribution < -0.4 is 4.72 Å². The highest BCUT2D eigenvalue weighted by Gasteiger charge is 2.25. The van der Waals surface area contributed by atoms with Crippen LogP contribution in [0.5, 0.6) is 0 Å². The smallest absolute Gasteiger partial charge is 0.258 e. The summed E-state index contributed by atoms with van der Waals surface area (Å²) in [6.07, 6.45) is 0. The largest absolute Gasteiger partial charge is 0.272 e. The van der Waals surface area contributed by atoms with Crippen molar-refractivity contribution in [3.05, 3.63) is 43.6 Å². The lowest BCUT2D eigenvalue weighted by atomic mass is 10.3. The minimum absolute atomic E-state index is 0.165. The zero-order chi connectivity index (χ0) is 14.8. The first-order chi connectivity index (χ1) is 8.65. The van der Waals surface area contributed by atoms with E-state index in [2.05, 4.69) is 43.2 Å². The molecule has 19 heavy (non-hydrogen) atoms. The molecule has 0 bridgehead atoms. The van der Waals surface area contributed by atoms with Gasteiger partial charge in [-0.1, -0.05) is 22.5 Å². The van der Waals surface area contributed by atoms with E-state index in [1.807, 2.05) is 0 Å². The normalized spacial score (nSPS) is 11.3. The molecule has 0 aliphatic carbocycles. The molecule has 0 radical (unpaired) electrons. The highest BCUT2D eigenvalue weighted by Crippen LogP contribution is 2.28. The topological polar surface area (TPSA) is 89.3 Å². The number of nitrogens with zero attached hydrogens (tertiary/aromatic N) is 1. The summed E-state index contributed by atoms with van der Waals surface area (Å²) in [5.74, 6) is -1.10. The third-order valence-electron chi connectivity index (χ3n) is 1.93. The standard InChI is InChI=1S/C9H7Br2FN2O4S/c1-5(10)4-13-19(17,18)8-3-6(14(15)16)2-7(11)9(8)12/h2-3,13H,1,4H2. The van der Waals surface area contributed by atoms with E-state index in [1.54, 1.807) is 0 Å². The quantitative estimate of drug-likeness (QED) is 0.589. The maximum Gasteiger partial charge on any atom is 0.272 e. The number of rotatable bonds is 5. The predicted molar refractivity (Wildman–Crippen MR) is 74.0 cm³/mol. The maximum absolute atomic E-state index is 13.7. The molecule has 1 aromatic carbocycles. The molecule has 1 N–H and O–H groups in total. The Morgan fingerprint density at radius 2 is 2.11 bits per heavy atom. The molecule has 0 saturated heterocycles. The predicted octanol–water partition coefficient (Wildman–Crippen LogP) is 2.68. The second-order valence-corrected chi connectivity index (χ2v) is 7.05. The molecule has 6 nitrogen and oxygen atoms in total. The van der Waals surface area contributed by atoms with Gasteiger partial charge in [0.25, 0.3) is 5.69 Å². The van der Waals surface area contributed by atoms with Crippen molar-refractivity contribution < 1.29 is 17.7 Å². The number of non-ortho nitro benzene ring substituents is 1. The molecule has 0 aliphatic rings. The van der Waals surface area contributed by atoms with Crippen LogP contribution in [0.3, 0.4) is 0 Å². The molecule has 0 aliphatic heterocycles. The molecule has 104 valence electrons. The highest BCUT2D eigenvalue weighted by atomic mass is 79.9. The third-order valence-corrected chi connectivity index (χ3v) is 4.19. The first kappa shape index (κ1) is 16.2. The van der Waals surface area contributed by atoms with Crippen LogP contribution >= 0.6 is 31.9 Å². The molecule has 1 rings (SSSR count). The molecule has 0 saturated carbocycles. The number of hydrogen-bond donors (Lipinski definition) is 1. The van der Waals surface area contributed by atoms with Crippen molar-refractivity contribution >= 4 is 47.6 Å². The van der Waals surface area contributed by atoms with Gasteiger partial charge in [0.2, 0.25) is 10.0 Å². The van der Waals surface area contributed by atoms with Crippen LogP contribution in [-0.4, -0.2) is 19.9 Å². The fourth-order valence-electron chi connectivity index (χ4n) is 1.10. The number of benzene rings is 1. The van der Waals surface area contributed by atoms with Gasteiger partial charge in [0.1, 0.15) is 4.90 Å². The van der Waals surface area contributed by atoms with Gasteiger partial charge in [-0.05, 0) is 15.9 Å². The Morgan fingerprint density at radius 1 is 1.53 bits per heavy atom. The lowest BCUT2D eigenvalue weighted by molar-refractivity contribution is -0.385. The fourth-order valence-corrected chi connectivity index (χ4v) is 3.15. The Hall–Kier alpha value is -0.840. The summed E-state index contributed by atoms with van der Waals surface area (Å²) >= 11 is 5.68. The van der Waals surface area contributed by atoms with Gasteiger partial charge in [-0.25, -0.2) is 17.5 Å². The fraction of sp³-hybridized carbons (Fsp3) is 0.111. The monoisotopic (exact) mass is 416 g/mol. The van der Waals surface area contributed by atoms with Crippen molar-refractivity contribution in [3.8, 4) is 0 Å². The van der Waals surface area contributed by atoms with Gasteiger partial charge < -0.3 is 0 Å². The summed E-state index contributed by atoms with van der Waals surface area (Å²) in [4.78, 5) is 9.02. The summed E-state index contributed by atoms with van der Waals surface area (Å²) in [5.41, 5.74) is -0.536. The molecule has 0 atom stereocenters. The van der Waals surface area contributed by atoms with E-state index in [-0.39, 0.29) is 11.0 Å². The van der Waals surface area contributed by atoms with E-state index in [1.165, 1.54) is 0 Å². The lowest BCUT2D eigenvalue weighted by Crippen LogP contribution is -2.25. The van der Waals surface area contributed by atoms with Crippen LogP contribution in [0.1, 0.15) is 0 Å². The van der Waals surface area contributed by atoms with E-state index in [0.717, 1.165) is 6.07 Å². The average Bonchev–Trinajstić information content (AvgIpc) is 2.29. The van der Waals surface area contributed by atoms with Crippen LogP contribution in [0.15, 0.2) is 32.6 Å². The third kappa shape index (κ3) is 4.06. The molecule has 0 amide bonds. The Balaban J connectivity index is 3.33. The number of sulfonamides is 1. The molecule has 1 aromatic rings. The van der Waals surface area contributed by atoms with Gasteiger partial charge in [0.15, 0.2) is 5.82 Å². The molecule has 0 heterocycles. The summed E-state index contributed by atoms with van der Waals surface area (Å²) in [7, 11) is -4.21. The van der Waals surface area contributed by atoms with Crippen molar-refractivity contribution in [2.75, 3.05) is 6.54 Å². The Morgan fingerprint density at radius 3 is 2.58 bits per heavy atom. The van der Waals surface area contributed by atoms with Gasteiger partial charge in [0, 0.05) is 23.2 Å². The molecular weight excluding hydrogens is 411 g/mol. The van der Waals surface area contributed by atoms with Crippen molar-refractivity contribution in [2.45, 2.75) is 4.90 Å². The average molecular weight is 418 g/mol. The number of halogens is 3. The molecular formula is C9H7Br2FN2O4S. The van der Waals surface area contributed by atoms with Gasteiger partial charge in [-0.2, -0.15) is 0 Å². The van der Waals surface area contributed by atoms with Gasteiger partial charge in [-0.3, -0.25) is 10.1 Å². The minimum atomic E-state index is -4.21. The van der Waals surface area contributed by atoms with E-state index >= 15 is 0 Å². The molecule has 0 aromatic heterocycles. The van der Waals surface area contributed by atoms with Crippen LogP contribution in [-0.2, 0) is 10.0 Å². The van der Waals surface area contributed by atoms with E-state index in [0.29, 0.717) is 10.5 Å². The van der Waals surface area contributed by atoms with Crippen LogP contribution in [0.25, 0.3) is 0 Å². The van der Waals surface area contributed by atoms with Crippen LogP contribution in [0, 0.1) is 15.9 Å². The first-order valence-corrected chi connectivity index (χ1v) is 7.68. The number of hydrogen-bond acceptors (Lipinski definition) is 4. The SMILES string of the molecule is C=C(Br)CNS(=O)(=O)c1cc([N+](=O)[O-])cc(Br)c1F. The van der Waals surface area contributed by atoms with Crippen molar-refractivity contribution in [2.24, 2.45) is 0 Å². The van der Waals surface area contributed by atoms with Crippen LogP contribution in [0.4, 0.5) is 10.1 Å². The van der Waals surface area contributed by atoms with Gasteiger partial charge in [0.05, 0.1) is 9.40 Å². The van der Waals surface area contributed by atoms with E-state index in [9.17, 15) is 22.9 Å². The Kier molecular flexibility index (Phi) is 5.18. The van der Waals surface area contributed by atoms with Gasteiger partial charge in [-0.15, -0.1) is 0 Å².